The molecule has 2 amide bonds. The zero-order valence-corrected chi connectivity index (χ0v) is 28.2. The van der Waals surface area contributed by atoms with Gasteiger partial charge in [-0.3, -0.25) is 19.4 Å². The first kappa shape index (κ1) is 34.2. The van der Waals surface area contributed by atoms with Crippen molar-refractivity contribution in [1.82, 2.24) is 19.6 Å². The summed E-state index contributed by atoms with van der Waals surface area (Å²) >= 11 is 11.9. The van der Waals surface area contributed by atoms with Crippen LogP contribution in [-0.2, 0) is 9.59 Å². The van der Waals surface area contributed by atoms with Gasteiger partial charge in [0.25, 0.3) is 0 Å². The van der Waals surface area contributed by atoms with Gasteiger partial charge in [-0.25, -0.2) is 0 Å². The third-order valence-electron chi connectivity index (χ3n) is 9.38. The lowest BCUT2D eigenvalue weighted by molar-refractivity contribution is -0.128. The molecule has 8 heteroatoms. The van der Waals surface area contributed by atoms with Gasteiger partial charge in [0, 0.05) is 87.6 Å². The van der Waals surface area contributed by atoms with Crippen LogP contribution in [-0.4, -0.2) is 96.9 Å². The van der Waals surface area contributed by atoms with Gasteiger partial charge in [-0.2, -0.15) is 0 Å². The molecule has 2 heterocycles. The Morgan fingerprint density at radius 1 is 0.543 bits per heavy atom. The number of carbonyl (C=O) groups excluding carboxylic acids is 2. The largest absolute Gasteiger partial charge is 0.337 e. The first-order valence-corrected chi connectivity index (χ1v) is 17.4. The highest BCUT2D eigenvalue weighted by molar-refractivity contribution is 6.30. The first-order valence-electron chi connectivity index (χ1n) is 16.6. The zero-order chi connectivity index (χ0) is 32.1. The van der Waals surface area contributed by atoms with E-state index in [4.69, 9.17) is 23.2 Å². The number of nitrogens with zero attached hydrogens (tertiary/aromatic N) is 4. The molecular weight excluding hydrogens is 615 g/mol. The number of benzene rings is 2. The van der Waals surface area contributed by atoms with Crippen LogP contribution >= 0.6 is 23.2 Å². The van der Waals surface area contributed by atoms with E-state index < -0.39 is 0 Å². The van der Waals surface area contributed by atoms with E-state index >= 15 is 0 Å². The van der Waals surface area contributed by atoms with Gasteiger partial charge >= 0.3 is 0 Å². The van der Waals surface area contributed by atoms with Crippen molar-refractivity contribution in [2.24, 2.45) is 11.8 Å². The maximum absolute atomic E-state index is 12.6. The first-order chi connectivity index (χ1) is 22.4. The normalized spacial score (nSPS) is 22.1. The second-order valence-corrected chi connectivity index (χ2v) is 13.6. The van der Waals surface area contributed by atoms with Crippen molar-refractivity contribution in [3.8, 4) is 0 Å². The number of hydrogen-bond donors (Lipinski definition) is 0. The molecule has 3 fully saturated rings. The van der Waals surface area contributed by atoms with Crippen molar-refractivity contribution in [1.29, 1.82) is 0 Å². The molecule has 2 aromatic carbocycles. The molecule has 2 saturated heterocycles. The van der Waals surface area contributed by atoms with Crippen LogP contribution < -0.4 is 0 Å². The number of hydrogen-bond acceptors (Lipinski definition) is 4. The van der Waals surface area contributed by atoms with Crippen LogP contribution in [0, 0.1) is 11.8 Å². The molecule has 0 spiro atoms. The number of rotatable bonds is 10. The molecule has 0 N–H and O–H groups in total. The maximum atomic E-state index is 12.6. The predicted octanol–water partition coefficient (Wildman–Crippen LogP) is 6.93. The number of amides is 2. The van der Waals surface area contributed by atoms with Gasteiger partial charge in [0.1, 0.15) is 0 Å². The topological polar surface area (TPSA) is 47.1 Å². The van der Waals surface area contributed by atoms with Crippen LogP contribution in [0.5, 0.6) is 0 Å². The number of piperazine rings is 2. The van der Waals surface area contributed by atoms with Crippen LogP contribution in [0.25, 0.3) is 12.2 Å². The van der Waals surface area contributed by atoms with Crippen molar-refractivity contribution in [2.75, 3.05) is 65.4 Å². The minimum atomic E-state index is 0.0879. The lowest BCUT2D eigenvalue weighted by Crippen LogP contribution is -2.50. The highest BCUT2D eigenvalue weighted by Crippen LogP contribution is 2.30. The Morgan fingerprint density at radius 3 is 1.24 bits per heavy atom. The number of carbonyl (C=O) groups is 2. The lowest BCUT2D eigenvalue weighted by atomic mass is 9.81. The van der Waals surface area contributed by atoms with Gasteiger partial charge in [0.15, 0.2) is 0 Å². The number of allylic oxidation sites excluding steroid dienone is 4. The fourth-order valence-electron chi connectivity index (χ4n) is 6.60. The molecule has 6 nitrogen and oxygen atoms in total. The Morgan fingerprint density at radius 2 is 0.891 bits per heavy atom. The van der Waals surface area contributed by atoms with Gasteiger partial charge in [-0.15, -0.1) is 0 Å². The summed E-state index contributed by atoms with van der Waals surface area (Å²) in [5, 5.41) is 1.44. The van der Waals surface area contributed by atoms with Crippen LogP contribution in [0.3, 0.4) is 0 Å². The van der Waals surface area contributed by atoms with Crippen LogP contribution in [0.2, 0.25) is 10.0 Å². The molecule has 0 radical (unpaired) electrons. The quantitative estimate of drug-likeness (QED) is 0.205. The van der Waals surface area contributed by atoms with E-state index in [0.29, 0.717) is 0 Å². The van der Waals surface area contributed by atoms with Gasteiger partial charge in [0.2, 0.25) is 11.8 Å². The molecule has 2 aliphatic heterocycles. The summed E-state index contributed by atoms with van der Waals surface area (Å²) < 4.78 is 0. The van der Waals surface area contributed by atoms with Crippen molar-refractivity contribution in [2.45, 2.75) is 25.7 Å². The molecule has 244 valence electrons. The number of halogens is 2. The van der Waals surface area contributed by atoms with E-state index in [9.17, 15) is 9.59 Å². The highest BCUT2D eigenvalue weighted by Gasteiger charge is 2.28. The minimum Gasteiger partial charge on any atom is -0.337 e. The summed E-state index contributed by atoms with van der Waals surface area (Å²) in [6, 6.07) is 15.3. The third kappa shape index (κ3) is 11.0. The fraction of sp³-hybridized carbons (Fsp3) is 0.421. The summed E-state index contributed by atoms with van der Waals surface area (Å²) in [6.45, 7) is 9.30. The SMILES string of the molecule is O=C(C=CC=Cc1ccc(Cl)cc1)N1CCN(CC2CCC(CN3CCN(C(=O)C=CC=Cc4ccc(Cl)cc4)CC3)CC2)CC1. The summed E-state index contributed by atoms with van der Waals surface area (Å²) in [5.74, 6) is 1.69. The molecule has 1 saturated carbocycles. The monoisotopic (exact) mass is 660 g/mol. The van der Waals surface area contributed by atoms with Crippen LogP contribution in [0.1, 0.15) is 36.8 Å². The Labute approximate surface area is 284 Å². The standard InChI is InChI=1S/C38H46Cl2N4O2/c39-35-17-13-31(14-18-35)5-1-3-7-37(45)43-25-21-41(22-26-43)29-33-9-11-34(12-10-33)30-42-23-27-44(28-24-42)38(46)8-4-2-6-32-15-19-36(40)20-16-32/h1-8,13-20,33-34H,9-12,21-30H2. The molecule has 0 bridgehead atoms. The molecule has 0 aromatic heterocycles. The van der Waals surface area contributed by atoms with E-state index in [1.54, 1.807) is 12.2 Å². The minimum absolute atomic E-state index is 0.0879. The molecule has 3 aliphatic rings. The molecule has 46 heavy (non-hydrogen) atoms. The van der Waals surface area contributed by atoms with E-state index in [1.807, 2.05) is 94.8 Å². The smallest absolute Gasteiger partial charge is 0.246 e. The average molecular weight is 662 g/mol. The Balaban J connectivity index is 0.928. The van der Waals surface area contributed by atoms with Crippen LogP contribution in [0.15, 0.2) is 85.0 Å². The van der Waals surface area contributed by atoms with Crippen molar-refractivity contribution in [3.05, 3.63) is 106 Å². The molecule has 0 unspecified atom stereocenters. The predicted molar refractivity (Wildman–Crippen MR) is 191 cm³/mol. The molecule has 0 atom stereocenters. The fourth-order valence-corrected chi connectivity index (χ4v) is 6.85. The van der Waals surface area contributed by atoms with Gasteiger partial charge < -0.3 is 9.80 Å². The Kier molecular flexibility index (Phi) is 13.1. The summed E-state index contributed by atoms with van der Waals surface area (Å²) in [4.78, 5) is 34.3. The maximum Gasteiger partial charge on any atom is 0.246 e. The van der Waals surface area contributed by atoms with Gasteiger partial charge in [-0.1, -0.05) is 83.9 Å². The Bertz CT molecular complexity index is 1270. The van der Waals surface area contributed by atoms with E-state index in [2.05, 4.69) is 9.80 Å². The third-order valence-corrected chi connectivity index (χ3v) is 9.89. The lowest BCUT2D eigenvalue weighted by Gasteiger charge is -2.40. The van der Waals surface area contributed by atoms with E-state index in [1.165, 1.54) is 25.7 Å². The van der Waals surface area contributed by atoms with Gasteiger partial charge in [-0.05, 0) is 72.9 Å². The van der Waals surface area contributed by atoms with Crippen molar-refractivity contribution < 1.29 is 9.59 Å². The second kappa shape index (κ2) is 17.7. The van der Waals surface area contributed by atoms with E-state index in [-0.39, 0.29) is 11.8 Å². The van der Waals surface area contributed by atoms with Crippen molar-refractivity contribution >= 4 is 47.2 Å². The summed E-state index contributed by atoms with van der Waals surface area (Å²) in [6.07, 6.45) is 19.9. The summed E-state index contributed by atoms with van der Waals surface area (Å²) in [7, 11) is 0. The summed E-state index contributed by atoms with van der Waals surface area (Å²) in [5.41, 5.74) is 2.11. The second-order valence-electron chi connectivity index (χ2n) is 12.7. The Hall–Kier alpha value is -3.16. The molecule has 2 aromatic rings. The molecular formula is C38H46Cl2N4O2. The average Bonchev–Trinajstić information content (AvgIpc) is 3.08. The molecule has 5 rings (SSSR count). The zero-order valence-electron chi connectivity index (χ0n) is 26.7. The highest BCUT2D eigenvalue weighted by atomic mass is 35.5. The van der Waals surface area contributed by atoms with E-state index in [0.717, 1.165) is 98.5 Å². The van der Waals surface area contributed by atoms with Crippen molar-refractivity contribution in [3.63, 3.8) is 0 Å². The van der Waals surface area contributed by atoms with Crippen LogP contribution in [0.4, 0.5) is 0 Å². The molecule has 1 aliphatic carbocycles. The van der Waals surface area contributed by atoms with Gasteiger partial charge in [0.05, 0.1) is 0 Å².